The second-order valence-corrected chi connectivity index (χ2v) is 6.81. The van der Waals surface area contributed by atoms with Crippen LogP contribution in [0.1, 0.15) is 64.2 Å². The Balaban J connectivity index is 0.00000200. The molecule has 0 heterocycles. The SMILES string of the molecule is Br.C=CCSC(=NC1CCCCC1)NC1CCCCC1. The van der Waals surface area contributed by atoms with Crippen molar-refractivity contribution in [2.24, 2.45) is 4.99 Å². The van der Waals surface area contributed by atoms with Gasteiger partial charge in [0, 0.05) is 11.8 Å². The highest BCUT2D eigenvalue weighted by Gasteiger charge is 2.17. The number of nitrogens with one attached hydrogen (secondary N) is 1. The third kappa shape index (κ3) is 6.66. The van der Waals surface area contributed by atoms with Crippen molar-refractivity contribution in [3.05, 3.63) is 12.7 Å². The number of nitrogens with zero attached hydrogens (tertiary/aromatic N) is 1. The molecule has 0 aromatic rings. The van der Waals surface area contributed by atoms with Crippen LogP contribution in [0.25, 0.3) is 0 Å². The molecule has 2 nitrogen and oxygen atoms in total. The van der Waals surface area contributed by atoms with Crippen molar-refractivity contribution in [3.8, 4) is 0 Å². The summed E-state index contributed by atoms with van der Waals surface area (Å²) in [6.45, 7) is 3.82. The molecule has 2 rings (SSSR count). The van der Waals surface area contributed by atoms with Gasteiger partial charge in [-0.1, -0.05) is 56.4 Å². The second-order valence-electron chi connectivity index (χ2n) is 5.81. The Kier molecular flexibility index (Phi) is 9.70. The molecule has 20 heavy (non-hydrogen) atoms. The summed E-state index contributed by atoms with van der Waals surface area (Å²) < 4.78 is 0. The monoisotopic (exact) mass is 360 g/mol. The van der Waals surface area contributed by atoms with Crippen molar-refractivity contribution in [2.75, 3.05) is 5.75 Å². The van der Waals surface area contributed by atoms with Gasteiger partial charge in [0.05, 0.1) is 6.04 Å². The molecule has 0 radical (unpaired) electrons. The van der Waals surface area contributed by atoms with Gasteiger partial charge < -0.3 is 5.32 Å². The van der Waals surface area contributed by atoms with Crippen molar-refractivity contribution >= 4 is 33.9 Å². The van der Waals surface area contributed by atoms with E-state index in [4.69, 9.17) is 4.99 Å². The largest absolute Gasteiger partial charge is 0.362 e. The first kappa shape index (κ1) is 18.1. The van der Waals surface area contributed by atoms with Gasteiger partial charge in [-0.15, -0.1) is 23.6 Å². The Hall–Kier alpha value is 0.0400. The first-order valence-corrected chi connectivity index (χ1v) is 8.95. The van der Waals surface area contributed by atoms with Crippen molar-refractivity contribution in [2.45, 2.75) is 76.3 Å². The molecule has 0 amide bonds. The van der Waals surface area contributed by atoms with Crippen LogP contribution in [0.5, 0.6) is 0 Å². The Bertz CT molecular complexity index is 295. The Morgan fingerprint density at radius 1 is 1.05 bits per heavy atom. The average molecular weight is 361 g/mol. The van der Waals surface area contributed by atoms with Crippen molar-refractivity contribution < 1.29 is 0 Å². The smallest absolute Gasteiger partial charge is 0.157 e. The number of aliphatic imine (C=N–C) groups is 1. The summed E-state index contributed by atoms with van der Waals surface area (Å²) in [5.74, 6) is 0.964. The Morgan fingerprint density at radius 3 is 2.25 bits per heavy atom. The molecule has 0 saturated heterocycles. The van der Waals surface area contributed by atoms with Crippen LogP contribution in [0, 0.1) is 0 Å². The van der Waals surface area contributed by atoms with Gasteiger partial charge in [-0.3, -0.25) is 4.99 Å². The van der Waals surface area contributed by atoms with Gasteiger partial charge in [0.25, 0.3) is 0 Å². The predicted molar refractivity (Wildman–Crippen MR) is 97.3 cm³/mol. The van der Waals surface area contributed by atoms with E-state index in [9.17, 15) is 0 Å². The molecule has 0 unspecified atom stereocenters. The normalized spacial score (nSPS) is 22.1. The van der Waals surface area contributed by atoms with Gasteiger partial charge in [-0.05, 0) is 25.7 Å². The lowest BCUT2D eigenvalue weighted by Crippen LogP contribution is -2.35. The quantitative estimate of drug-likeness (QED) is 0.428. The number of thioether (sulfide) groups is 1. The second kappa shape index (κ2) is 10.7. The van der Waals surface area contributed by atoms with Crippen LogP contribution in [-0.4, -0.2) is 23.0 Å². The van der Waals surface area contributed by atoms with Gasteiger partial charge in [0.2, 0.25) is 0 Å². The predicted octanol–water partition coefficient (Wildman–Crippen LogP) is 5.09. The van der Waals surface area contributed by atoms with E-state index >= 15 is 0 Å². The van der Waals surface area contributed by atoms with E-state index in [0.717, 1.165) is 5.75 Å². The number of halogens is 1. The summed E-state index contributed by atoms with van der Waals surface area (Å²) in [5.41, 5.74) is 0. The fourth-order valence-corrected chi connectivity index (χ4v) is 3.80. The molecule has 0 aromatic carbocycles. The molecule has 2 saturated carbocycles. The summed E-state index contributed by atoms with van der Waals surface area (Å²) in [4.78, 5) is 4.99. The number of amidine groups is 1. The van der Waals surface area contributed by atoms with E-state index in [0.29, 0.717) is 12.1 Å². The van der Waals surface area contributed by atoms with E-state index in [1.54, 1.807) is 0 Å². The summed E-state index contributed by atoms with van der Waals surface area (Å²) >= 11 is 1.83. The van der Waals surface area contributed by atoms with Crippen molar-refractivity contribution in [1.82, 2.24) is 5.32 Å². The van der Waals surface area contributed by atoms with Gasteiger partial charge in [-0.2, -0.15) is 0 Å². The standard InChI is InChI=1S/C16H28N2S.BrH/c1-2-13-19-16(17-14-9-5-3-6-10-14)18-15-11-7-4-8-12-15;/h2,14-15H,1,3-13H2,(H,17,18);1H. The summed E-state index contributed by atoms with van der Waals surface area (Å²) in [6.07, 6.45) is 15.5. The maximum atomic E-state index is 4.99. The van der Waals surface area contributed by atoms with E-state index in [1.807, 2.05) is 17.8 Å². The maximum absolute atomic E-state index is 4.99. The fraction of sp³-hybridized carbons (Fsp3) is 0.812. The minimum atomic E-state index is 0. The van der Waals surface area contributed by atoms with Crippen molar-refractivity contribution in [1.29, 1.82) is 0 Å². The van der Waals surface area contributed by atoms with Crippen LogP contribution in [0.3, 0.4) is 0 Å². The molecule has 0 aliphatic heterocycles. The molecule has 2 fully saturated rings. The summed E-state index contributed by atoms with van der Waals surface area (Å²) in [6, 6.07) is 1.23. The lowest BCUT2D eigenvalue weighted by Gasteiger charge is -2.26. The molecular weight excluding hydrogens is 332 g/mol. The molecular formula is C16H29BrN2S. The van der Waals surface area contributed by atoms with Crippen LogP contribution in [-0.2, 0) is 0 Å². The molecule has 0 atom stereocenters. The number of rotatable bonds is 4. The molecule has 2 aliphatic rings. The molecule has 1 N–H and O–H groups in total. The highest BCUT2D eigenvalue weighted by Crippen LogP contribution is 2.23. The first-order chi connectivity index (χ1) is 9.38. The van der Waals surface area contributed by atoms with Crippen LogP contribution >= 0.6 is 28.7 Å². The van der Waals surface area contributed by atoms with Crippen LogP contribution in [0.2, 0.25) is 0 Å². The molecule has 2 aliphatic carbocycles. The van der Waals surface area contributed by atoms with E-state index in [2.05, 4.69) is 11.9 Å². The summed E-state index contributed by atoms with van der Waals surface area (Å²) in [5, 5.41) is 4.88. The zero-order valence-electron chi connectivity index (χ0n) is 12.5. The molecule has 116 valence electrons. The lowest BCUT2D eigenvalue weighted by molar-refractivity contribution is 0.411. The van der Waals surface area contributed by atoms with Gasteiger partial charge >= 0.3 is 0 Å². The van der Waals surface area contributed by atoms with Crippen LogP contribution in [0.4, 0.5) is 0 Å². The molecule has 0 aromatic heterocycles. The minimum Gasteiger partial charge on any atom is -0.362 e. The van der Waals surface area contributed by atoms with Crippen molar-refractivity contribution in [3.63, 3.8) is 0 Å². The topological polar surface area (TPSA) is 24.4 Å². The lowest BCUT2D eigenvalue weighted by atomic mass is 9.95. The minimum absolute atomic E-state index is 0. The molecule has 0 bridgehead atoms. The van der Waals surface area contributed by atoms with Gasteiger partial charge in [0.1, 0.15) is 0 Å². The molecule has 4 heteroatoms. The van der Waals surface area contributed by atoms with E-state index in [1.165, 1.54) is 69.4 Å². The highest BCUT2D eigenvalue weighted by atomic mass is 79.9. The summed E-state index contributed by atoms with van der Waals surface area (Å²) in [7, 11) is 0. The van der Waals surface area contributed by atoms with Gasteiger partial charge in [-0.25, -0.2) is 0 Å². The Labute approximate surface area is 139 Å². The maximum Gasteiger partial charge on any atom is 0.157 e. The first-order valence-electron chi connectivity index (χ1n) is 7.96. The van der Waals surface area contributed by atoms with Crippen LogP contribution in [0.15, 0.2) is 17.6 Å². The number of hydrogen-bond donors (Lipinski definition) is 1. The number of hydrogen-bond acceptors (Lipinski definition) is 2. The van der Waals surface area contributed by atoms with E-state index < -0.39 is 0 Å². The zero-order valence-corrected chi connectivity index (χ0v) is 15.0. The fourth-order valence-electron chi connectivity index (χ4n) is 3.05. The van der Waals surface area contributed by atoms with Crippen LogP contribution < -0.4 is 5.32 Å². The third-order valence-corrected chi connectivity index (χ3v) is 5.04. The third-order valence-electron chi connectivity index (χ3n) is 4.15. The van der Waals surface area contributed by atoms with Gasteiger partial charge in [0.15, 0.2) is 5.17 Å². The van der Waals surface area contributed by atoms with E-state index in [-0.39, 0.29) is 17.0 Å². The molecule has 0 spiro atoms. The highest BCUT2D eigenvalue weighted by molar-refractivity contribution is 8.93. The average Bonchev–Trinajstić information content (AvgIpc) is 2.47. The Morgan fingerprint density at radius 2 is 1.65 bits per heavy atom. The zero-order chi connectivity index (χ0) is 13.3.